The Morgan fingerprint density at radius 2 is 1.00 bits per heavy atom. The Kier molecular flexibility index (Phi) is 16.6. The number of ketones is 1. The molecule has 73 heavy (non-hydrogen) atoms. The van der Waals surface area contributed by atoms with Crippen LogP contribution in [-0.4, -0.2) is 29.9 Å². The topological polar surface area (TPSA) is 69.7 Å². The third kappa shape index (κ3) is 10.8. The van der Waals surface area contributed by atoms with Crippen LogP contribution in [0.4, 0.5) is 0 Å². The molecule has 0 N–H and O–H groups in total. The summed E-state index contributed by atoms with van der Waals surface area (Å²) >= 11 is 0. The highest BCUT2D eigenvalue weighted by molar-refractivity contribution is 5.95. The van der Waals surface area contributed by atoms with E-state index in [1.54, 1.807) is 5.57 Å². The molecule has 2 aromatic carbocycles. The van der Waals surface area contributed by atoms with Gasteiger partial charge in [-0.15, -0.1) is 0 Å². The molecule has 0 aliphatic heterocycles. The molecule has 0 aromatic heterocycles. The molecule has 8 aliphatic carbocycles. The molecule has 0 heterocycles. The lowest BCUT2D eigenvalue weighted by Gasteiger charge is -2.58. The normalized spacial score (nSPS) is 38.2. The van der Waals surface area contributed by atoms with Crippen LogP contribution in [0.25, 0.3) is 0 Å². The van der Waals surface area contributed by atoms with E-state index >= 15 is 0 Å². The van der Waals surface area contributed by atoms with Crippen molar-refractivity contribution in [2.75, 3.05) is 0 Å². The molecule has 400 valence electrons. The average molecular weight is 996 g/mol. The molecule has 6 saturated carbocycles. The van der Waals surface area contributed by atoms with Crippen molar-refractivity contribution >= 4 is 17.7 Å². The smallest absolute Gasteiger partial charge is 0.338 e. The third-order valence-corrected chi connectivity index (χ3v) is 22.9. The van der Waals surface area contributed by atoms with E-state index in [0.717, 1.165) is 78.9 Å². The fraction of sp³-hybridized carbons (Fsp3) is 0.721. The number of ether oxygens (including phenoxy) is 2. The SMILES string of the molecule is CC(C)CCCC(C)C1CCC2C3C(=O)C=C4CC(OC(=O)c5ccccc5)CCC4(C)C3CCC12C.CC(C)CCCC(C)C1CCC2C3CC=C4CC(OC(=O)c5ccccc5)CCC4(C)C3CCC12C. The summed E-state index contributed by atoms with van der Waals surface area (Å²) in [7, 11) is 0. The summed E-state index contributed by atoms with van der Waals surface area (Å²) in [5.74, 6) is 8.60. The number of carbonyl (C=O) groups excluding carboxylic acids is 3. The second kappa shape index (κ2) is 22.2. The van der Waals surface area contributed by atoms with E-state index in [1.807, 2.05) is 66.7 Å². The number of rotatable bonds is 14. The highest BCUT2D eigenvalue weighted by Crippen LogP contribution is 2.69. The molecular formula is C68H98O5. The summed E-state index contributed by atoms with van der Waals surface area (Å²) in [6, 6.07) is 18.8. The Labute approximate surface area is 443 Å². The summed E-state index contributed by atoms with van der Waals surface area (Å²) in [4.78, 5) is 39.2. The number of hydrogen-bond donors (Lipinski definition) is 0. The third-order valence-electron chi connectivity index (χ3n) is 22.9. The van der Waals surface area contributed by atoms with Gasteiger partial charge in [-0.3, -0.25) is 4.79 Å². The van der Waals surface area contributed by atoms with Gasteiger partial charge in [0.25, 0.3) is 0 Å². The van der Waals surface area contributed by atoms with Crippen LogP contribution in [-0.2, 0) is 14.3 Å². The molecule has 5 nitrogen and oxygen atoms in total. The maximum absolute atomic E-state index is 13.8. The zero-order chi connectivity index (χ0) is 51.9. The van der Waals surface area contributed by atoms with Gasteiger partial charge in [-0.2, -0.15) is 0 Å². The van der Waals surface area contributed by atoms with E-state index in [2.05, 4.69) is 75.3 Å². The standard InChI is InChI=1S/C34H48O3.C34H50O2/c1-22(2)10-9-11-23(3)27-14-15-28-31-29(17-19-34(27,28)5)33(4)18-16-26(20-25(33)21-30(31)35)37-32(36)24-12-7-6-8-13-24;1-23(2)10-9-11-24(3)29-16-17-30-28-15-14-26-22-27(36-32(35)25-12-7-6-8-13-25)18-20-33(26,4)31(28)19-21-34(29,30)5/h6-8,12-13,21-23,26-29,31H,9-11,14-20H2,1-5H3;6-8,12-14,23-24,27-31H,9-11,15-22H2,1-5H3. The largest absolute Gasteiger partial charge is 0.458 e. The number of carbonyl (C=O) groups is 3. The molecule has 0 amide bonds. The van der Waals surface area contributed by atoms with Crippen molar-refractivity contribution in [1.29, 1.82) is 0 Å². The van der Waals surface area contributed by atoms with E-state index in [4.69, 9.17) is 9.47 Å². The summed E-state index contributed by atoms with van der Waals surface area (Å²) in [6.07, 6.45) is 30.4. The lowest BCUT2D eigenvalue weighted by molar-refractivity contribution is -0.135. The van der Waals surface area contributed by atoms with E-state index in [0.29, 0.717) is 51.4 Å². The van der Waals surface area contributed by atoms with E-state index in [1.165, 1.54) is 108 Å². The van der Waals surface area contributed by atoms with Crippen molar-refractivity contribution in [2.24, 2.45) is 92.7 Å². The van der Waals surface area contributed by atoms with Gasteiger partial charge in [0.05, 0.1) is 11.1 Å². The molecule has 8 aliphatic rings. The minimum absolute atomic E-state index is 0.0324. The van der Waals surface area contributed by atoms with Gasteiger partial charge in [-0.05, 0) is 201 Å². The van der Waals surface area contributed by atoms with Gasteiger partial charge in [0.1, 0.15) is 12.2 Å². The number of esters is 2. The Bertz CT molecular complexity index is 2290. The van der Waals surface area contributed by atoms with Crippen LogP contribution >= 0.6 is 0 Å². The summed E-state index contributed by atoms with van der Waals surface area (Å²) in [6.45, 7) is 24.7. The molecule has 2 aromatic rings. The molecule has 16 unspecified atom stereocenters. The van der Waals surface area contributed by atoms with Crippen molar-refractivity contribution in [3.63, 3.8) is 0 Å². The predicted octanol–water partition coefficient (Wildman–Crippen LogP) is 17.7. The van der Waals surface area contributed by atoms with Crippen LogP contribution in [0.15, 0.2) is 84.0 Å². The monoisotopic (exact) mass is 995 g/mol. The Morgan fingerprint density at radius 1 is 0.534 bits per heavy atom. The average Bonchev–Trinajstić information content (AvgIpc) is 3.92. The molecule has 16 atom stereocenters. The van der Waals surface area contributed by atoms with Crippen LogP contribution in [0.1, 0.15) is 225 Å². The van der Waals surface area contributed by atoms with E-state index in [-0.39, 0.29) is 35.5 Å². The second-order valence-corrected chi connectivity index (χ2v) is 27.8. The summed E-state index contributed by atoms with van der Waals surface area (Å²) < 4.78 is 11.9. The fourth-order valence-electron chi connectivity index (χ4n) is 18.8. The lowest BCUT2D eigenvalue weighted by atomic mass is 9.46. The van der Waals surface area contributed by atoms with Crippen molar-refractivity contribution < 1.29 is 23.9 Å². The van der Waals surface area contributed by atoms with Gasteiger partial charge in [0.15, 0.2) is 5.78 Å². The zero-order valence-electron chi connectivity index (χ0n) is 47.4. The van der Waals surface area contributed by atoms with Crippen molar-refractivity contribution in [3.8, 4) is 0 Å². The van der Waals surface area contributed by atoms with Crippen molar-refractivity contribution in [1.82, 2.24) is 0 Å². The van der Waals surface area contributed by atoms with Gasteiger partial charge in [0.2, 0.25) is 0 Å². The Balaban J connectivity index is 0.000000180. The number of benzene rings is 2. The molecule has 0 saturated heterocycles. The first kappa shape index (κ1) is 54.3. The number of fused-ring (bicyclic) bond motifs is 10. The minimum Gasteiger partial charge on any atom is -0.458 e. The minimum atomic E-state index is -0.247. The van der Waals surface area contributed by atoms with Crippen LogP contribution in [0.5, 0.6) is 0 Å². The van der Waals surface area contributed by atoms with E-state index in [9.17, 15) is 14.4 Å². The van der Waals surface area contributed by atoms with Crippen molar-refractivity contribution in [2.45, 2.75) is 216 Å². The van der Waals surface area contributed by atoms with Crippen LogP contribution in [0, 0.1) is 92.7 Å². The van der Waals surface area contributed by atoms with Crippen LogP contribution < -0.4 is 0 Å². The lowest BCUT2D eigenvalue weighted by Crippen LogP contribution is -2.53. The van der Waals surface area contributed by atoms with Gasteiger partial charge in [-0.1, -0.05) is 161 Å². The number of hydrogen-bond acceptors (Lipinski definition) is 5. The zero-order valence-corrected chi connectivity index (χ0v) is 47.4. The number of allylic oxidation sites excluding steroid dienone is 2. The molecule has 10 rings (SSSR count). The predicted molar refractivity (Wildman–Crippen MR) is 298 cm³/mol. The molecule has 5 heteroatoms. The highest BCUT2D eigenvalue weighted by atomic mass is 16.5. The molecule has 6 fully saturated rings. The Morgan fingerprint density at radius 3 is 1.52 bits per heavy atom. The fourth-order valence-corrected chi connectivity index (χ4v) is 18.8. The molecule has 0 radical (unpaired) electrons. The Hall–Kier alpha value is -3.47. The first-order valence-corrected chi connectivity index (χ1v) is 30.3. The summed E-state index contributed by atoms with van der Waals surface area (Å²) in [5.41, 5.74) is 5.34. The van der Waals surface area contributed by atoms with Gasteiger partial charge in [-0.25, -0.2) is 9.59 Å². The molecular weight excluding hydrogens is 897 g/mol. The van der Waals surface area contributed by atoms with Gasteiger partial charge >= 0.3 is 11.9 Å². The van der Waals surface area contributed by atoms with E-state index < -0.39 is 0 Å². The maximum atomic E-state index is 13.8. The van der Waals surface area contributed by atoms with Crippen molar-refractivity contribution in [3.05, 3.63) is 95.1 Å². The molecule has 0 spiro atoms. The highest BCUT2D eigenvalue weighted by Gasteiger charge is 2.62. The first-order valence-electron chi connectivity index (χ1n) is 30.3. The first-order chi connectivity index (χ1) is 34.9. The molecule has 0 bridgehead atoms. The second-order valence-electron chi connectivity index (χ2n) is 27.8. The quantitative estimate of drug-likeness (QED) is 0.139. The van der Waals surface area contributed by atoms with Gasteiger partial charge < -0.3 is 9.47 Å². The van der Waals surface area contributed by atoms with Crippen LogP contribution in [0.3, 0.4) is 0 Å². The van der Waals surface area contributed by atoms with Crippen LogP contribution in [0.2, 0.25) is 0 Å². The summed E-state index contributed by atoms with van der Waals surface area (Å²) in [5, 5.41) is 0. The maximum Gasteiger partial charge on any atom is 0.338 e. The van der Waals surface area contributed by atoms with Gasteiger partial charge in [0, 0.05) is 18.8 Å².